The predicted molar refractivity (Wildman–Crippen MR) is 135 cm³/mol. The molecule has 38 heavy (non-hydrogen) atoms. The largest absolute Gasteiger partial charge is 0.478 e. The van der Waals surface area contributed by atoms with Crippen molar-refractivity contribution in [2.75, 3.05) is 39.6 Å². The number of hydrogen-bond donors (Lipinski definition) is 10. The zero-order valence-corrected chi connectivity index (χ0v) is 21.0. The number of carboxylic acids is 4. The Labute approximate surface area is 220 Å². The van der Waals surface area contributed by atoms with E-state index in [0.29, 0.717) is 0 Å². The van der Waals surface area contributed by atoms with Crippen LogP contribution in [0.25, 0.3) is 0 Å². The van der Waals surface area contributed by atoms with Crippen LogP contribution >= 0.6 is 0 Å². The molecule has 0 bridgehead atoms. The summed E-state index contributed by atoms with van der Waals surface area (Å²) in [7, 11) is 0. The molecule has 0 aromatic heterocycles. The maximum absolute atomic E-state index is 11.3. The fraction of sp³-hybridized carbons (Fsp3) is 0.500. The minimum absolute atomic E-state index is 0.0102. The van der Waals surface area contributed by atoms with Crippen LogP contribution in [-0.2, 0) is 19.2 Å². The average molecular weight is 553 g/mol. The lowest BCUT2D eigenvalue weighted by atomic mass is 9.86. The van der Waals surface area contributed by atoms with Crippen LogP contribution in [0.1, 0.15) is 12.8 Å². The monoisotopic (exact) mass is 552 g/mol. The summed E-state index contributed by atoms with van der Waals surface area (Å²) in [5, 5.41) is 87.2. The molecule has 0 radical (unpaired) electrons. The normalized spacial score (nSPS) is 11.7. The van der Waals surface area contributed by atoms with Gasteiger partial charge in [0.1, 0.15) is 0 Å². The van der Waals surface area contributed by atoms with E-state index in [-0.39, 0.29) is 58.1 Å². The summed E-state index contributed by atoms with van der Waals surface area (Å²) in [5.41, 5.74) is -0.0102. The van der Waals surface area contributed by atoms with Gasteiger partial charge in [0, 0.05) is 75.3 Å². The van der Waals surface area contributed by atoms with Gasteiger partial charge in [-0.05, 0) is 24.7 Å². The smallest absolute Gasteiger partial charge is 0.331 e. The van der Waals surface area contributed by atoms with Crippen molar-refractivity contribution in [2.45, 2.75) is 12.8 Å². The van der Waals surface area contributed by atoms with Gasteiger partial charge in [-0.15, -0.1) is 0 Å². The summed E-state index contributed by atoms with van der Waals surface area (Å²) in [4.78, 5) is 39.1. The van der Waals surface area contributed by atoms with Gasteiger partial charge in [0.2, 0.25) is 0 Å². The van der Waals surface area contributed by atoms with E-state index in [4.69, 9.17) is 35.7 Å². The number of carboxylic acid groups (broad SMARTS) is 4. The lowest BCUT2D eigenvalue weighted by Crippen LogP contribution is -2.27. The maximum atomic E-state index is 11.3. The molecule has 0 fully saturated rings. The van der Waals surface area contributed by atoms with Crippen LogP contribution < -0.4 is 0 Å². The van der Waals surface area contributed by atoms with Crippen LogP contribution in [0.3, 0.4) is 0 Å². The van der Waals surface area contributed by atoms with Crippen molar-refractivity contribution in [2.24, 2.45) is 23.7 Å². The van der Waals surface area contributed by atoms with Crippen LogP contribution in [0.4, 0.5) is 0 Å². The lowest BCUT2D eigenvalue weighted by molar-refractivity contribution is -0.133. The van der Waals surface area contributed by atoms with E-state index in [1.165, 1.54) is 6.08 Å². The highest BCUT2D eigenvalue weighted by Crippen LogP contribution is 2.23. The van der Waals surface area contributed by atoms with Crippen molar-refractivity contribution >= 4 is 23.9 Å². The third kappa shape index (κ3) is 25.7. The van der Waals surface area contributed by atoms with Gasteiger partial charge in [0.05, 0.1) is 0 Å². The Hall–Kier alpha value is -3.40. The van der Waals surface area contributed by atoms with Crippen LogP contribution in [0.5, 0.6) is 0 Å². The highest BCUT2D eigenvalue weighted by Gasteiger charge is 2.24. The number of carbonyl (C=O) groups is 4. The maximum Gasteiger partial charge on any atom is 0.331 e. The highest BCUT2D eigenvalue weighted by molar-refractivity contribution is 5.86. The zero-order chi connectivity index (χ0) is 30.7. The molecule has 14 nitrogen and oxygen atoms in total. The molecule has 0 saturated carbocycles. The fourth-order valence-corrected chi connectivity index (χ4v) is 2.34. The summed E-state index contributed by atoms with van der Waals surface area (Å²) >= 11 is 0. The molecular formula is C24H40O14. The van der Waals surface area contributed by atoms with Crippen LogP contribution in [0.15, 0.2) is 49.6 Å². The summed E-state index contributed by atoms with van der Waals surface area (Å²) < 4.78 is 0. The first-order chi connectivity index (χ1) is 17.8. The van der Waals surface area contributed by atoms with Crippen molar-refractivity contribution in [3.05, 3.63) is 49.6 Å². The van der Waals surface area contributed by atoms with E-state index in [1.54, 1.807) is 0 Å². The number of aliphatic hydroxyl groups excluding tert-OH is 6. The van der Waals surface area contributed by atoms with E-state index < -0.39 is 47.5 Å². The van der Waals surface area contributed by atoms with E-state index in [0.717, 1.165) is 18.2 Å². The van der Waals surface area contributed by atoms with Crippen LogP contribution in [0.2, 0.25) is 0 Å². The Bertz CT molecular complexity index is 681. The quantitative estimate of drug-likeness (QED) is 0.103. The molecule has 10 N–H and O–H groups in total. The van der Waals surface area contributed by atoms with Gasteiger partial charge in [0.25, 0.3) is 0 Å². The van der Waals surface area contributed by atoms with Crippen LogP contribution in [-0.4, -0.2) is 115 Å². The van der Waals surface area contributed by atoms with Gasteiger partial charge in [-0.3, -0.25) is 0 Å². The van der Waals surface area contributed by atoms with Crippen LogP contribution in [0, 0.1) is 23.7 Å². The van der Waals surface area contributed by atoms with E-state index in [2.05, 4.69) is 19.7 Å². The molecule has 0 amide bonds. The minimum Gasteiger partial charge on any atom is -0.478 e. The predicted octanol–water partition coefficient (Wildman–Crippen LogP) is -1.03. The van der Waals surface area contributed by atoms with Crippen molar-refractivity contribution in [1.29, 1.82) is 0 Å². The Morgan fingerprint density at radius 1 is 0.526 bits per heavy atom. The second-order valence-corrected chi connectivity index (χ2v) is 7.24. The molecule has 220 valence electrons. The SMILES string of the molecule is C=CC(=O)O.C=CC(=O)O.C=CC(=O)O.O=C(O)C(=CCC(CO)C(CO)CO)CC(CO)C(CO)CO. The van der Waals surface area contributed by atoms with Gasteiger partial charge in [-0.25, -0.2) is 19.2 Å². The molecule has 0 aliphatic carbocycles. The molecule has 14 heteroatoms. The molecule has 0 spiro atoms. The number of aliphatic carboxylic acids is 4. The standard InChI is InChI=1S/C15H28O8.3C3H4O2/c16-4-11(13(6-18)7-19)2-1-10(15(22)23)3-12(5-17)14(8-20)9-21;3*1-2-3(4)5/h1,11-14,16-21H,2-9H2,(H,22,23);3*2H,1H2,(H,4,5). The first-order valence-corrected chi connectivity index (χ1v) is 10.9. The number of aliphatic hydroxyl groups is 6. The molecule has 2 atom stereocenters. The second kappa shape index (κ2) is 28.2. The zero-order valence-electron chi connectivity index (χ0n) is 21.0. The van der Waals surface area contributed by atoms with Gasteiger partial charge < -0.3 is 51.1 Å². The molecule has 0 aromatic carbocycles. The van der Waals surface area contributed by atoms with E-state index >= 15 is 0 Å². The van der Waals surface area contributed by atoms with Crippen molar-refractivity contribution in [3.8, 4) is 0 Å². The van der Waals surface area contributed by atoms with Crippen molar-refractivity contribution < 1.29 is 70.2 Å². The van der Waals surface area contributed by atoms with Crippen molar-refractivity contribution in [1.82, 2.24) is 0 Å². The van der Waals surface area contributed by atoms with Gasteiger partial charge in [-0.1, -0.05) is 25.8 Å². The van der Waals surface area contributed by atoms with E-state index in [9.17, 15) is 34.5 Å². The summed E-state index contributed by atoms with van der Waals surface area (Å²) in [6.07, 6.45) is 3.99. The Morgan fingerprint density at radius 2 is 0.789 bits per heavy atom. The third-order valence-corrected chi connectivity index (χ3v) is 4.69. The number of allylic oxidation sites excluding steroid dienone is 1. The topological polar surface area (TPSA) is 271 Å². The molecule has 0 rings (SSSR count). The minimum atomic E-state index is -1.20. The first-order valence-electron chi connectivity index (χ1n) is 10.9. The number of hydrogen-bond acceptors (Lipinski definition) is 10. The Kier molecular flexibility index (Phi) is 30.9. The summed E-state index contributed by atoms with van der Waals surface area (Å²) in [6, 6.07) is 0. The first kappa shape index (κ1) is 41.7. The van der Waals surface area contributed by atoms with Gasteiger partial charge in [-0.2, -0.15) is 0 Å². The summed E-state index contributed by atoms with van der Waals surface area (Å²) in [5.74, 6) is -6.41. The molecule has 0 aliphatic heterocycles. The molecular weight excluding hydrogens is 512 g/mol. The molecule has 0 aromatic rings. The fourth-order valence-electron chi connectivity index (χ4n) is 2.34. The molecule has 0 aliphatic rings. The Balaban J connectivity index is -0.000000311. The molecule has 2 unspecified atom stereocenters. The third-order valence-electron chi connectivity index (χ3n) is 4.69. The molecule has 0 saturated heterocycles. The van der Waals surface area contributed by atoms with Gasteiger partial charge >= 0.3 is 23.9 Å². The average Bonchev–Trinajstić information content (AvgIpc) is 2.90. The highest BCUT2D eigenvalue weighted by atomic mass is 16.4. The second-order valence-electron chi connectivity index (χ2n) is 7.24. The van der Waals surface area contributed by atoms with Gasteiger partial charge in [0.15, 0.2) is 0 Å². The molecule has 0 heterocycles. The van der Waals surface area contributed by atoms with Crippen molar-refractivity contribution in [3.63, 3.8) is 0 Å². The Morgan fingerprint density at radius 3 is 1.00 bits per heavy atom. The number of rotatable bonds is 16. The lowest BCUT2D eigenvalue weighted by Gasteiger charge is -2.23. The summed E-state index contributed by atoms with van der Waals surface area (Å²) in [6.45, 7) is 6.80. The van der Waals surface area contributed by atoms with E-state index in [1.807, 2.05) is 0 Å².